The van der Waals surface area contributed by atoms with Crippen LogP contribution < -0.4 is 21.3 Å². The number of hydrogen-bond donors (Lipinski definition) is 8. The molecule has 0 aromatic carbocycles. The van der Waals surface area contributed by atoms with E-state index in [0.29, 0.717) is 108 Å². The number of aliphatic hydroxyl groups is 4. The highest BCUT2D eigenvalue weighted by molar-refractivity contribution is 5.76. The molecule has 6 unspecified atom stereocenters. The summed E-state index contributed by atoms with van der Waals surface area (Å²) in [5.41, 5.74) is 0.582. The summed E-state index contributed by atoms with van der Waals surface area (Å²) < 4.78 is 44.8. The first-order valence-corrected chi connectivity index (χ1v) is 36.5. The van der Waals surface area contributed by atoms with Gasteiger partial charge in [0.1, 0.15) is 30.5 Å². The molecule has 20 nitrogen and oxygen atoms in total. The van der Waals surface area contributed by atoms with Gasteiger partial charge in [-0.1, -0.05) is 110 Å². The molecule has 20 heteroatoms. The summed E-state index contributed by atoms with van der Waals surface area (Å²) in [6, 6.07) is 0. The monoisotopic (exact) mass is 1290 g/mol. The van der Waals surface area contributed by atoms with Gasteiger partial charge < -0.3 is 79.6 Å². The Balaban J connectivity index is 0.763. The number of ether oxygens (including phenoxy) is 8. The zero-order valence-corrected chi connectivity index (χ0v) is 57.0. The van der Waals surface area contributed by atoms with Gasteiger partial charge in [-0.15, -0.1) is 0 Å². The van der Waals surface area contributed by atoms with Crippen molar-refractivity contribution in [3.05, 3.63) is 12.2 Å². The summed E-state index contributed by atoms with van der Waals surface area (Å²) in [7, 11) is 0. The molecule has 14 atom stereocenters. The van der Waals surface area contributed by atoms with Gasteiger partial charge in [0.05, 0.1) is 59.5 Å². The number of nitrogens with one attached hydrogen (secondary N) is 4. The highest BCUT2D eigenvalue weighted by atomic mass is 16.7. The smallest absolute Gasteiger partial charge is 0.407 e. The highest BCUT2D eigenvalue weighted by Crippen LogP contribution is 2.68. The Morgan fingerprint density at radius 1 is 0.538 bits per heavy atom. The van der Waals surface area contributed by atoms with Crippen LogP contribution in [0.5, 0.6) is 0 Å². The molecular weight excluding hydrogens is 1160 g/mol. The molecule has 5 fully saturated rings. The van der Waals surface area contributed by atoms with E-state index in [1.165, 1.54) is 116 Å². The lowest BCUT2D eigenvalue weighted by Gasteiger charge is -2.61. The van der Waals surface area contributed by atoms with Crippen molar-refractivity contribution in [1.29, 1.82) is 0 Å². The Morgan fingerprint density at radius 2 is 1.09 bits per heavy atom. The number of hydrogen-bond acceptors (Lipinski definition) is 16. The van der Waals surface area contributed by atoms with Gasteiger partial charge in [0.25, 0.3) is 0 Å². The third-order valence-electron chi connectivity index (χ3n) is 21.1. The lowest BCUT2D eigenvalue weighted by molar-refractivity contribution is -0.302. The van der Waals surface area contributed by atoms with Crippen molar-refractivity contribution in [3.63, 3.8) is 0 Å². The first-order chi connectivity index (χ1) is 44.2. The summed E-state index contributed by atoms with van der Waals surface area (Å²) >= 11 is 0. The minimum atomic E-state index is -1.49. The first-order valence-electron chi connectivity index (χ1n) is 36.5. The van der Waals surface area contributed by atoms with Gasteiger partial charge in [-0.05, 0) is 168 Å². The minimum absolute atomic E-state index is 0.0254. The van der Waals surface area contributed by atoms with Crippen molar-refractivity contribution in [2.75, 3.05) is 98.9 Å². The van der Waals surface area contributed by atoms with Crippen LogP contribution in [0.15, 0.2) is 12.2 Å². The number of rotatable bonds is 50. The Morgan fingerprint density at radius 3 is 1.77 bits per heavy atom. The lowest BCUT2D eigenvalue weighted by Crippen LogP contribution is -2.59. The van der Waals surface area contributed by atoms with Crippen molar-refractivity contribution in [3.8, 4) is 0 Å². The van der Waals surface area contributed by atoms with Crippen LogP contribution in [0, 0.1) is 46.3 Å². The molecule has 8 N–H and O–H groups in total. The fourth-order valence-electron chi connectivity index (χ4n) is 15.8. The number of aliphatic hydroxyl groups excluding tert-OH is 4. The number of amides is 4. The van der Waals surface area contributed by atoms with E-state index in [-0.39, 0.29) is 55.3 Å². The average Bonchev–Trinajstić information content (AvgIpc) is 1.72. The van der Waals surface area contributed by atoms with Crippen LogP contribution in [0.2, 0.25) is 0 Å². The van der Waals surface area contributed by atoms with Crippen LogP contribution >= 0.6 is 0 Å². The van der Waals surface area contributed by atoms with Crippen LogP contribution in [0.3, 0.4) is 0 Å². The quantitative estimate of drug-likeness (QED) is 0.0208. The van der Waals surface area contributed by atoms with E-state index in [1.807, 2.05) is 0 Å². The van der Waals surface area contributed by atoms with E-state index >= 15 is 0 Å². The molecule has 528 valence electrons. The predicted molar refractivity (Wildman–Crippen MR) is 352 cm³/mol. The fraction of sp³-hybridized carbons (Fsp3) is 0.915. The third-order valence-corrected chi connectivity index (χ3v) is 21.1. The number of unbranched alkanes of at least 4 members (excludes halogenated alkanes) is 16. The Bertz CT molecular complexity index is 1990. The summed E-state index contributed by atoms with van der Waals surface area (Å²) in [5.74, 6) is 3.65. The second kappa shape index (κ2) is 46.1. The maximum atomic E-state index is 12.9. The molecule has 1 heterocycles. The molecule has 91 heavy (non-hydrogen) atoms. The SMILES string of the molecule is CCCCCCCC/C=C\CCCCCCCCNC(=O)O[C@@H]1CC[C@@]2(C)C(CCC3C2CC[C@@]2(C)C3CC[C@@H]2[C@H](C)COC(=O)NCCCCCC(=O)NCCCOCCOCCCCCC(=O)NCCOCCOCCO[C@H]2OC(CO)[C@@H](O)[C@H](O)C2O)C1. The van der Waals surface area contributed by atoms with E-state index in [2.05, 4.69) is 61.1 Å². The van der Waals surface area contributed by atoms with Crippen LogP contribution in [-0.2, 0) is 47.5 Å². The van der Waals surface area contributed by atoms with E-state index in [4.69, 9.17) is 37.9 Å². The summed E-state index contributed by atoms with van der Waals surface area (Å²) in [6.45, 7) is 15.1. The summed E-state index contributed by atoms with van der Waals surface area (Å²) in [5, 5.41) is 50.7. The normalized spacial score (nSPS) is 28.2. The van der Waals surface area contributed by atoms with Gasteiger partial charge in [0, 0.05) is 52.2 Å². The van der Waals surface area contributed by atoms with Gasteiger partial charge in [0.2, 0.25) is 11.8 Å². The molecule has 1 aliphatic heterocycles. The topological polar surface area (TPSA) is 271 Å². The molecule has 0 aromatic rings. The van der Waals surface area contributed by atoms with Crippen LogP contribution in [0.4, 0.5) is 9.59 Å². The molecule has 0 spiro atoms. The fourth-order valence-corrected chi connectivity index (χ4v) is 15.8. The Labute approximate surface area is 547 Å². The van der Waals surface area contributed by atoms with E-state index < -0.39 is 37.3 Å². The molecule has 5 rings (SSSR count). The minimum Gasteiger partial charge on any atom is -0.449 e. The molecular formula is C71H128N4O16. The maximum absolute atomic E-state index is 12.9. The van der Waals surface area contributed by atoms with E-state index in [0.717, 1.165) is 94.8 Å². The average molecular weight is 1290 g/mol. The van der Waals surface area contributed by atoms with Crippen molar-refractivity contribution in [2.24, 2.45) is 46.3 Å². The van der Waals surface area contributed by atoms with E-state index in [1.54, 1.807) is 0 Å². The largest absolute Gasteiger partial charge is 0.449 e. The zero-order valence-electron chi connectivity index (χ0n) is 57.0. The maximum Gasteiger partial charge on any atom is 0.407 e. The summed E-state index contributed by atoms with van der Waals surface area (Å²) in [6.07, 6.45) is 32.6. The summed E-state index contributed by atoms with van der Waals surface area (Å²) in [4.78, 5) is 50.2. The zero-order chi connectivity index (χ0) is 65.4. The standard InChI is InChI=1S/C71H128N4O16/c1-5-6-7-8-9-10-11-12-13-14-15-16-17-18-19-24-39-75-69(83)90-56-34-36-70(3)55(51-56)30-31-57-59-33-32-58(71(59,4)37-35-60(57)70)54(2)53-89-68(82)74-38-25-20-22-28-62(77)72-40-27-43-85-46-45-84-42-26-21-23-29-63(78)73-41-44-86-47-48-87-49-50-88-67-66(81)65(80)64(79)61(52-76)91-67/h12-13,54-61,64-67,76,79-81H,5-11,14-53H2,1-4H3,(H,72,77)(H,73,78)(H,74,82)(H,75,83)/b13-12-/t54-,55?,56-,57?,58-,59?,60?,61?,64-,65+,66?,67+,70+,71-/m1/s1. The van der Waals surface area contributed by atoms with Crippen molar-refractivity contribution >= 4 is 24.0 Å². The molecule has 0 bridgehead atoms. The van der Waals surface area contributed by atoms with Crippen molar-refractivity contribution in [2.45, 2.75) is 270 Å². The number of alkyl carbamates (subject to hydrolysis) is 2. The molecule has 5 aliphatic rings. The van der Waals surface area contributed by atoms with Gasteiger partial charge in [-0.2, -0.15) is 0 Å². The van der Waals surface area contributed by atoms with Crippen LogP contribution in [0.25, 0.3) is 0 Å². The van der Waals surface area contributed by atoms with Gasteiger partial charge in [-0.3, -0.25) is 9.59 Å². The highest BCUT2D eigenvalue weighted by Gasteiger charge is 2.61. The Hall–Kier alpha value is -3.18. The van der Waals surface area contributed by atoms with Crippen LogP contribution in [0.1, 0.15) is 233 Å². The lowest BCUT2D eigenvalue weighted by atomic mass is 9.44. The number of allylic oxidation sites excluding steroid dienone is 2. The van der Waals surface area contributed by atoms with Gasteiger partial charge >= 0.3 is 12.2 Å². The molecule has 4 amide bonds. The third kappa shape index (κ3) is 29.0. The second-order valence-electron chi connectivity index (χ2n) is 27.7. The molecule has 4 saturated carbocycles. The first kappa shape index (κ1) is 78.5. The molecule has 0 aromatic heterocycles. The van der Waals surface area contributed by atoms with Crippen molar-refractivity contribution in [1.82, 2.24) is 21.3 Å². The van der Waals surface area contributed by atoms with E-state index in [9.17, 15) is 39.6 Å². The molecule has 4 aliphatic carbocycles. The second-order valence-corrected chi connectivity index (χ2v) is 27.7. The van der Waals surface area contributed by atoms with Crippen LogP contribution in [-0.4, -0.2) is 180 Å². The molecule has 1 saturated heterocycles. The number of carbonyl (C=O) groups is 4. The van der Waals surface area contributed by atoms with Crippen molar-refractivity contribution < 1.29 is 77.5 Å². The Kier molecular flexibility index (Phi) is 39.7. The predicted octanol–water partition coefficient (Wildman–Crippen LogP) is 10.8. The van der Waals surface area contributed by atoms with Gasteiger partial charge in [0.15, 0.2) is 6.29 Å². The van der Waals surface area contributed by atoms with Gasteiger partial charge in [-0.25, -0.2) is 9.59 Å². The molecule has 0 radical (unpaired) electrons. The number of fused-ring (bicyclic) bond motifs is 5. The number of carbonyl (C=O) groups excluding carboxylic acids is 4.